The van der Waals surface area contributed by atoms with Crippen LogP contribution < -0.4 is 10.6 Å². The molecule has 1 saturated carbocycles. The summed E-state index contributed by atoms with van der Waals surface area (Å²) in [5, 5.41) is 14.7. The Hall–Kier alpha value is -0.810. The molecule has 0 aromatic rings. The van der Waals surface area contributed by atoms with Gasteiger partial charge in [0.2, 0.25) is 0 Å². The van der Waals surface area contributed by atoms with Crippen LogP contribution in [0.15, 0.2) is 0 Å². The Morgan fingerprint density at radius 2 is 2.00 bits per heavy atom. The van der Waals surface area contributed by atoms with Crippen molar-refractivity contribution in [2.75, 3.05) is 19.7 Å². The van der Waals surface area contributed by atoms with Crippen LogP contribution in [0.4, 0.5) is 4.79 Å². The summed E-state index contributed by atoms with van der Waals surface area (Å²) in [6.07, 6.45) is 6.51. The van der Waals surface area contributed by atoms with Crippen LogP contribution >= 0.6 is 0 Å². The molecule has 2 unspecified atom stereocenters. The predicted octanol–water partition coefficient (Wildman–Crippen LogP) is 1.32. The normalized spacial score (nSPS) is 27.4. The molecular weight excluding hydrogens is 254 g/mol. The minimum Gasteiger partial charge on any atom is -0.394 e. The number of aliphatic hydroxyl groups is 1. The van der Waals surface area contributed by atoms with E-state index in [1.165, 1.54) is 38.6 Å². The van der Waals surface area contributed by atoms with Crippen LogP contribution in [0.1, 0.15) is 46.0 Å². The lowest BCUT2D eigenvalue weighted by Gasteiger charge is -2.43. The van der Waals surface area contributed by atoms with Crippen LogP contribution in [-0.4, -0.2) is 53.9 Å². The Morgan fingerprint density at radius 1 is 1.25 bits per heavy atom. The van der Waals surface area contributed by atoms with Crippen molar-refractivity contribution in [3.63, 3.8) is 0 Å². The molecule has 0 spiro atoms. The fraction of sp³-hybridized carbons (Fsp3) is 0.933. The molecule has 5 heteroatoms. The van der Waals surface area contributed by atoms with E-state index in [2.05, 4.69) is 22.5 Å². The fourth-order valence-electron chi connectivity index (χ4n) is 3.17. The highest BCUT2D eigenvalue weighted by atomic mass is 16.3. The zero-order valence-corrected chi connectivity index (χ0v) is 12.8. The summed E-state index contributed by atoms with van der Waals surface area (Å²) in [5.74, 6) is 0.541. The molecule has 1 aliphatic carbocycles. The summed E-state index contributed by atoms with van der Waals surface area (Å²) in [6.45, 7) is 6.20. The third-order valence-corrected chi connectivity index (χ3v) is 4.80. The van der Waals surface area contributed by atoms with Gasteiger partial charge >= 0.3 is 6.03 Å². The van der Waals surface area contributed by atoms with Gasteiger partial charge in [-0.1, -0.05) is 6.42 Å². The van der Waals surface area contributed by atoms with Crippen molar-refractivity contribution in [3.8, 4) is 0 Å². The summed E-state index contributed by atoms with van der Waals surface area (Å²) in [6, 6.07) is 0.622. The van der Waals surface area contributed by atoms with Gasteiger partial charge in [0.05, 0.1) is 12.6 Å². The van der Waals surface area contributed by atoms with E-state index in [9.17, 15) is 4.79 Å². The van der Waals surface area contributed by atoms with Crippen LogP contribution in [0.25, 0.3) is 0 Å². The molecule has 3 atom stereocenters. The number of likely N-dealkylation sites (tertiary alicyclic amines) is 1. The predicted molar refractivity (Wildman–Crippen MR) is 79.6 cm³/mol. The number of hydrogen-bond acceptors (Lipinski definition) is 3. The Kier molecular flexibility index (Phi) is 5.66. The molecule has 2 aliphatic rings. The van der Waals surface area contributed by atoms with Crippen molar-refractivity contribution in [3.05, 3.63) is 0 Å². The van der Waals surface area contributed by atoms with E-state index in [0.717, 1.165) is 12.6 Å². The maximum atomic E-state index is 11.8. The van der Waals surface area contributed by atoms with E-state index in [-0.39, 0.29) is 24.7 Å². The number of urea groups is 1. The first kappa shape index (κ1) is 15.6. The summed E-state index contributed by atoms with van der Waals surface area (Å²) < 4.78 is 0. The second kappa shape index (κ2) is 7.27. The first-order chi connectivity index (χ1) is 9.60. The zero-order valence-electron chi connectivity index (χ0n) is 12.8. The standard InChI is InChI=1S/C15H29N3O2/c1-11(10-19)16-15(20)17-12(2)13-5-4-8-18(9-13)14-6-3-7-14/h11-14,19H,3-10H2,1-2H3,(H2,16,17,20)/t11-,12?,13?/m0/s1. The molecule has 2 amide bonds. The second-order valence-electron chi connectivity index (χ2n) is 6.47. The molecule has 3 N–H and O–H groups in total. The summed E-state index contributed by atoms with van der Waals surface area (Å²) in [4.78, 5) is 14.4. The second-order valence-corrected chi connectivity index (χ2v) is 6.47. The average molecular weight is 283 g/mol. The Balaban J connectivity index is 1.76. The van der Waals surface area contributed by atoms with Crippen LogP contribution in [0.2, 0.25) is 0 Å². The number of nitrogens with zero attached hydrogens (tertiary/aromatic N) is 1. The van der Waals surface area contributed by atoms with E-state index in [0.29, 0.717) is 5.92 Å². The first-order valence-electron chi connectivity index (χ1n) is 8.02. The molecule has 2 rings (SSSR count). The number of aliphatic hydroxyl groups excluding tert-OH is 1. The highest BCUT2D eigenvalue weighted by Gasteiger charge is 2.31. The molecule has 1 heterocycles. The molecular formula is C15H29N3O2. The summed E-state index contributed by atoms with van der Waals surface area (Å²) in [5.41, 5.74) is 0. The third kappa shape index (κ3) is 4.09. The first-order valence-corrected chi connectivity index (χ1v) is 8.02. The van der Waals surface area contributed by atoms with Gasteiger partial charge < -0.3 is 20.6 Å². The van der Waals surface area contributed by atoms with Gasteiger partial charge in [-0.3, -0.25) is 0 Å². The molecule has 0 bridgehead atoms. The smallest absolute Gasteiger partial charge is 0.315 e. The minimum atomic E-state index is -0.194. The lowest BCUT2D eigenvalue weighted by molar-refractivity contribution is 0.0677. The Bertz CT molecular complexity index is 320. The van der Waals surface area contributed by atoms with Gasteiger partial charge in [-0.25, -0.2) is 4.79 Å². The van der Waals surface area contributed by atoms with Crippen molar-refractivity contribution in [1.82, 2.24) is 15.5 Å². The van der Waals surface area contributed by atoms with E-state index < -0.39 is 0 Å². The monoisotopic (exact) mass is 283 g/mol. The lowest BCUT2D eigenvalue weighted by atomic mass is 9.86. The number of rotatable bonds is 5. The Labute approximate surface area is 122 Å². The third-order valence-electron chi connectivity index (χ3n) is 4.80. The van der Waals surface area contributed by atoms with Crippen molar-refractivity contribution in [2.45, 2.75) is 64.1 Å². The topological polar surface area (TPSA) is 64.6 Å². The highest BCUT2D eigenvalue weighted by Crippen LogP contribution is 2.30. The number of hydrogen-bond donors (Lipinski definition) is 3. The molecule has 1 saturated heterocycles. The number of carbonyl (C=O) groups excluding carboxylic acids is 1. The maximum Gasteiger partial charge on any atom is 0.315 e. The summed E-state index contributed by atoms with van der Waals surface area (Å²) >= 11 is 0. The van der Waals surface area contributed by atoms with Crippen molar-refractivity contribution >= 4 is 6.03 Å². The van der Waals surface area contributed by atoms with Crippen molar-refractivity contribution in [2.24, 2.45) is 5.92 Å². The highest BCUT2D eigenvalue weighted by molar-refractivity contribution is 5.74. The molecule has 116 valence electrons. The molecule has 20 heavy (non-hydrogen) atoms. The van der Waals surface area contributed by atoms with E-state index in [1.807, 2.05) is 0 Å². The molecule has 0 aromatic heterocycles. The molecule has 1 aliphatic heterocycles. The van der Waals surface area contributed by atoms with Crippen molar-refractivity contribution in [1.29, 1.82) is 0 Å². The molecule has 0 radical (unpaired) electrons. The number of nitrogens with one attached hydrogen (secondary N) is 2. The van der Waals surface area contributed by atoms with E-state index in [4.69, 9.17) is 5.11 Å². The fourth-order valence-corrected chi connectivity index (χ4v) is 3.17. The van der Waals surface area contributed by atoms with Crippen LogP contribution in [0, 0.1) is 5.92 Å². The van der Waals surface area contributed by atoms with Gasteiger partial charge in [0.15, 0.2) is 0 Å². The van der Waals surface area contributed by atoms with Gasteiger partial charge in [0.25, 0.3) is 0 Å². The molecule has 0 aromatic carbocycles. The number of carbonyl (C=O) groups is 1. The summed E-state index contributed by atoms with van der Waals surface area (Å²) in [7, 11) is 0. The largest absolute Gasteiger partial charge is 0.394 e. The van der Waals surface area contributed by atoms with Gasteiger partial charge in [0.1, 0.15) is 0 Å². The molecule has 2 fully saturated rings. The van der Waals surface area contributed by atoms with Gasteiger partial charge in [-0.2, -0.15) is 0 Å². The average Bonchev–Trinajstić information content (AvgIpc) is 2.36. The van der Waals surface area contributed by atoms with Crippen molar-refractivity contribution < 1.29 is 9.90 Å². The van der Waals surface area contributed by atoms with Gasteiger partial charge in [-0.15, -0.1) is 0 Å². The van der Waals surface area contributed by atoms with Gasteiger partial charge in [0, 0.05) is 18.6 Å². The van der Waals surface area contributed by atoms with E-state index >= 15 is 0 Å². The van der Waals surface area contributed by atoms with Gasteiger partial charge in [-0.05, 0) is 52.0 Å². The number of amides is 2. The minimum absolute atomic E-state index is 0.0271. The van der Waals surface area contributed by atoms with Crippen LogP contribution in [0.5, 0.6) is 0 Å². The van der Waals surface area contributed by atoms with Crippen LogP contribution in [-0.2, 0) is 0 Å². The number of piperidine rings is 1. The quantitative estimate of drug-likeness (QED) is 0.713. The SMILES string of the molecule is CC(NC(=O)N[C@@H](C)CO)C1CCCN(C2CCC2)C1. The van der Waals surface area contributed by atoms with E-state index in [1.54, 1.807) is 6.92 Å². The van der Waals surface area contributed by atoms with Crippen LogP contribution in [0.3, 0.4) is 0 Å². The Morgan fingerprint density at radius 3 is 2.60 bits per heavy atom. The zero-order chi connectivity index (χ0) is 14.5. The lowest BCUT2D eigenvalue weighted by Crippen LogP contribution is -2.53. The molecule has 5 nitrogen and oxygen atoms in total. The maximum absolute atomic E-state index is 11.8.